The van der Waals surface area contributed by atoms with Crippen molar-refractivity contribution >= 4 is 5.91 Å². The number of rotatable bonds is 5. The molecular weight excluding hydrogens is 231 g/mol. The predicted octanol–water partition coefficient (Wildman–Crippen LogP) is 2.16. The Bertz CT molecular complexity index is 407. The van der Waals surface area contributed by atoms with Gasteiger partial charge in [-0.15, -0.1) is 0 Å². The number of carbonyl (C=O) groups is 1. The molecule has 0 saturated carbocycles. The molecule has 1 atom stereocenters. The molecule has 0 spiro atoms. The number of halogens is 1. The van der Waals surface area contributed by atoms with E-state index in [1.165, 1.54) is 11.0 Å². The molecule has 0 aliphatic heterocycles. The van der Waals surface area contributed by atoms with E-state index in [4.69, 9.17) is 5.73 Å². The Hall–Kier alpha value is -1.42. The van der Waals surface area contributed by atoms with Crippen LogP contribution in [0.25, 0.3) is 0 Å². The fourth-order valence-electron chi connectivity index (χ4n) is 1.85. The summed E-state index contributed by atoms with van der Waals surface area (Å²) in [6.45, 7) is 4.28. The number of carbonyl (C=O) groups excluding carboxylic acids is 1. The highest BCUT2D eigenvalue weighted by Crippen LogP contribution is 2.11. The SMILES string of the molecule is CC(C)C[C@@H](N)C(=O)N(C)Cc1ccccc1F. The molecule has 0 fully saturated rings. The van der Waals surface area contributed by atoms with Gasteiger partial charge in [-0.25, -0.2) is 4.39 Å². The van der Waals surface area contributed by atoms with Gasteiger partial charge < -0.3 is 10.6 Å². The van der Waals surface area contributed by atoms with Crippen molar-refractivity contribution in [3.63, 3.8) is 0 Å². The topological polar surface area (TPSA) is 46.3 Å². The summed E-state index contributed by atoms with van der Waals surface area (Å²) in [5.41, 5.74) is 6.33. The molecule has 0 bridgehead atoms. The molecule has 2 N–H and O–H groups in total. The van der Waals surface area contributed by atoms with Gasteiger partial charge in [0.1, 0.15) is 5.82 Å². The summed E-state index contributed by atoms with van der Waals surface area (Å²) < 4.78 is 13.5. The summed E-state index contributed by atoms with van der Waals surface area (Å²) in [5, 5.41) is 0. The number of amides is 1. The van der Waals surface area contributed by atoms with Crippen LogP contribution in [0.1, 0.15) is 25.8 Å². The zero-order valence-corrected chi connectivity index (χ0v) is 11.2. The van der Waals surface area contributed by atoms with Gasteiger partial charge in [0.05, 0.1) is 6.04 Å². The monoisotopic (exact) mass is 252 g/mol. The van der Waals surface area contributed by atoms with E-state index >= 15 is 0 Å². The summed E-state index contributed by atoms with van der Waals surface area (Å²) in [6, 6.07) is 5.94. The maximum absolute atomic E-state index is 13.5. The minimum Gasteiger partial charge on any atom is -0.340 e. The largest absolute Gasteiger partial charge is 0.340 e. The minimum atomic E-state index is -0.512. The maximum Gasteiger partial charge on any atom is 0.239 e. The van der Waals surface area contributed by atoms with E-state index in [1.54, 1.807) is 25.2 Å². The number of hydrogen-bond acceptors (Lipinski definition) is 2. The molecule has 1 aromatic carbocycles. The van der Waals surface area contributed by atoms with Crippen molar-refractivity contribution in [3.05, 3.63) is 35.6 Å². The molecule has 0 heterocycles. The van der Waals surface area contributed by atoms with Crippen LogP contribution in [0.3, 0.4) is 0 Å². The molecule has 0 unspecified atom stereocenters. The summed E-state index contributed by atoms with van der Waals surface area (Å²) in [5.74, 6) is -0.0765. The molecule has 0 radical (unpaired) electrons. The Morgan fingerprint density at radius 3 is 2.56 bits per heavy atom. The Morgan fingerprint density at radius 2 is 2.00 bits per heavy atom. The van der Waals surface area contributed by atoms with Gasteiger partial charge in [-0.05, 0) is 18.4 Å². The first-order valence-electron chi connectivity index (χ1n) is 6.15. The van der Waals surface area contributed by atoms with Gasteiger partial charge in [0.2, 0.25) is 5.91 Å². The third kappa shape index (κ3) is 4.11. The van der Waals surface area contributed by atoms with Crippen molar-refractivity contribution < 1.29 is 9.18 Å². The van der Waals surface area contributed by atoms with Gasteiger partial charge in [-0.1, -0.05) is 32.0 Å². The van der Waals surface area contributed by atoms with Crippen molar-refractivity contribution in [2.45, 2.75) is 32.9 Å². The smallest absolute Gasteiger partial charge is 0.239 e. The quantitative estimate of drug-likeness (QED) is 0.873. The van der Waals surface area contributed by atoms with Gasteiger partial charge in [0.25, 0.3) is 0 Å². The van der Waals surface area contributed by atoms with Crippen molar-refractivity contribution in [1.29, 1.82) is 0 Å². The zero-order chi connectivity index (χ0) is 13.7. The van der Waals surface area contributed by atoms with E-state index < -0.39 is 6.04 Å². The Balaban J connectivity index is 2.63. The summed E-state index contributed by atoms with van der Waals surface area (Å²) in [7, 11) is 1.65. The molecule has 0 aliphatic rings. The van der Waals surface area contributed by atoms with Gasteiger partial charge in [-0.2, -0.15) is 0 Å². The van der Waals surface area contributed by atoms with Crippen molar-refractivity contribution in [1.82, 2.24) is 4.90 Å². The van der Waals surface area contributed by atoms with Gasteiger partial charge in [0.15, 0.2) is 0 Å². The first-order chi connectivity index (χ1) is 8.41. The molecule has 1 rings (SSSR count). The molecule has 4 heteroatoms. The van der Waals surface area contributed by atoms with Crippen molar-refractivity contribution in [2.75, 3.05) is 7.05 Å². The number of likely N-dealkylation sites (N-methyl/N-ethyl adjacent to an activating group) is 1. The molecule has 0 saturated heterocycles. The van der Waals surface area contributed by atoms with Crippen LogP contribution in [0.4, 0.5) is 4.39 Å². The molecule has 1 amide bonds. The number of nitrogens with two attached hydrogens (primary N) is 1. The van der Waals surface area contributed by atoms with E-state index in [0.717, 1.165) is 0 Å². The van der Waals surface area contributed by atoms with E-state index in [2.05, 4.69) is 0 Å². The highest BCUT2D eigenvalue weighted by atomic mass is 19.1. The highest BCUT2D eigenvalue weighted by Gasteiger charge is 2.19. The average Bonchev–Trinajstić information content (AvgIpc) is 2.30. The second-order valence-electron chi connectivity index (χ2n) is 5.02. The van der Waals surface area contributed by atoms with E-state index in [9.17, 15) is 9.18 Å². The Kier molecular flexibility index (Phi) is 5.28. The lowest BCUT2D eigenvalue weighted by molar-refractivity contribution is -0.132. The summed E-state index contributed by atoms with van der Waals surface area (Å²) in [4.78, 5) is 13.5. The van der Waals surface area contributed by atoms with Gasteiger partial charge in [-0.3, -0.25) is 4.79 Å². The molecule has 0 aromatic heterocycles. The molecule has 1 aromatic rings. The summed E-state index contributed by atoms with van der Waals surface area (Å²) >= 11 is 0. The van der Waals surface area contributed by atoms with Crippen LogP contribution in [-0.4, -0.2) is 23.9 Å². The van der Waals surface area contributed by atoms with Gasteiger partial charge in [0, 0.05) is 19.2 Å². The number of hydrogen-bond donors (Lipinski definition) is 1. The standard InChI is InChI=1S/C14H21FN2O/c1-10(2)8-13(16)14(18)17(3)9-11-6-4-5-7-12(11)15/h4-7,10,13H,8-9,16H2,1-3H3/t13-/m1/s1. The molecule has 3 nitrogen and oxygen atoms in total. The lowest BCUT2D eigenvalue weighted by atomic mass is 10.0. The van der Waals surface area contributed by atoms with Crippen LogP contribution in [0.5, 0.6) is 0 Å². The summed E-state index contributed by atoms with van der Waals surface area (Å²) in [6.07, 6.45) is 0.639. The highest BCUT2D eigenvalue weighted by molar-refractivity contribution is 5.81. The molecule has 18 heavy (non-hydrogen) atoms. The maximum atomic E-state index is 13.5. The normalized spacial score (nSPS) is 12.6. The first-order valence-corrected chi connectivity index (χ1v) is 6.15. The van der Waals surface area contributed by atoms with Gasteiger partial charge >= 0.3 is 0 Å². The lowest BCUT2D eigenvalue weighted by Gasteiger charge is -2.22. The average molecular weight is 252 g/mol. The fraction of sp³-hybridized carbons (Fsp3) is 0.500. The number of nitrogens with zero attached hydrogens (tertiary/aromatic N) is 1. The third-order valence-electron chi connectivity index (χ3n) is 2.78. The van der Waals surface area contributed by atoms with Crippen LogP contribution in [-0.2, 0) is 11.3 Å². The second kappa shape index (κ2) is 6.50. The first kappa shape index (κ1) is 14.6. The van der Waals surface area contributed by atoms with Crippen LogP contribution < -0.4 is 5.73 Å². The van der Waals surface area contributed by atoms with Crippen LogP contribution in [0, 0.1) is 11.7 Å². The fourth-order valence-corrected chi connectivity index (χ4v) is 1.85. The zero-order valence-electron chi connectivity index (χ0n) is 11.2. The predicted molar refractivity (Wildman–Crippen MR) is 70.3 cm³/mol. The Morgan fingerprint density at radius 1 is 1.39 bits per heavy atom. The van der Waals surface area contributed by atoms with Crippen LogP contribution >= 0.6 is 0 Å². The minimum absolute atomic E-state index is 0.146. The Labute approximate surface area is 108 Å². The third-order valence-corrected chi connectivity index (χ3v) is 2.78. The van der Waals surface area contributed by atoms with E-state index in [0.29, 0.717) is 17.9 Å². The van der Waals surface area contributed by atoms with E-state index in [-0.39, 0.29) is 18.3 Å². The van der Waals surface area contributed by atoms with Crippen molar-refractivity contribution in [2.24, 2.45) is 11.7 Å². The van der Waals surface area contributed by atoms with Crippen LogP contribution in [0.15, 0.2) is 24.3 Å². The number of benzene rings is 1. The molecule has 0 aliphatic carbocycles. The van der Waals surface area contributed by atoms with Crippen molar-refractivity contribution in [3.8, 4) is 0 Å². The van der Waals surface area contributed by atoms with Crippen LogP contribution in [0.2, 0.25) is 0 Å². The van der Waals surface area contributed by atoms with E-state index in [1.807, 2.05) is 13.8 Å². The lowest BCUT2D eigenvalue weighted by Crippen LogP contribution is -2.42. The molecular formula is C14H21FN2O. The molecule has 100 valence electrons. The second-order valence-corrected chi connectivity index (χ2v) is 5.02.